The molecule has 6 heteroatoms. The van der Waals surface area contributed by atoms with Crippen molar-refractivity contribution in [2.75, 3.05) is 13.2 Å². The van der Waals surface area contributed by atoms with E-state index >= 15 is 0 Å². The maximum absolute atomic E-state index is 11.7. The number of alkyl carbamates (subject to hydrolysis) is 1. The normalized spacial score (nSPS) is 10.1. The number of carbonyl (C=O) groups excluding carboxylic acids is 3. The number of ether oxygens (including phenoxy) is 2. The number of hydrogen-bond donors (Lipinski definition) is 1. The highest BCUT2D eigenvalue weighted by atomic mass is 16.5. The van der Waals surface area contributed by atoms with E-state index in [0.717, 1.165) is 31.2 Å². The smallest absolute Gasteiger partial charge is 0.407 e. The summed E-state index contributed by atoms with van der Waals surface area (Å²) in [6, 6.07) is 9.25. The van der Waals surface area contributed by atoms with Crippen molar-refractivity contribution < 1.29 is 23.9 Å². The summed E-state index contributed by atoms with van der Waals surface area (Å²) in [6.45, 7) is 2.50. The maximum atomic E-state index is 11.7. The molecule has 0 aliphatic carbocycles. The third-order valence-corrected chi connectivity index (χ3v) is 3.51. The van der Waals surface area contributed by atoms with Crippen LogP contribution in [0.2, 0.25) is 0 Å². The Labute approximate surface area is 148 Å². The topological polar surface area (TPSA) is 81.7 Å². The lowest BCUT2D eigenvalue weighted by atomic mass is 10.2. The molecule has 138 valence electrons. The van der Waals surface area contributed by atoms with Gasteiger partial charge in [-0.25, -0.2) is 4.79 Å². The van der Waals surface area contributed by atoms with Gasteiger partial charge in [0.05, 0.1) is 19.6 Å². The summed E-state index contributed by atoms with van der Waals surface area (Å²) >= 11 is 0. The van der Waals surface area contributed by atoms with Gasteiger partial charge in [-0.05, 0) is 12.0 Å². The fourth-order valence-corrected chi connectivity index (χ4v) is 2.06. The number of Topliss-reactive ketones (excluding diaryl/α,β-unsaturated/α-hetero) is 1. The van der Waals surface area contributed by atoms with Crippen molar-refractivity contribution in [2.45, 2.75) is 52.1 Å². The highest BCUT2D eigenvalue weighted by Gasteiger charge is 2.10. The summed E-state index contributed by atoms with van der Waals surface area (Å²) < 4.78 is 10.0. The van der Waals surface area contributed by atoms with Crippen molar-refractivity contribution in [1.82, 2.24) is 5.32 Å². The summed E-state index contributed by atoms with van der Waals surface area (Å²) in [7, 11) is 0. The second-order valence-corrected chi connectivity index (χ2v) is 5.74. The summed E-state index contributed by atoms with van der Waals surface area (Å²) in [5.41, 5.74) is 0.866. The van der Waals surface area contributed by atoms with Gasteiger partial charge in [0.1, 0.15) is 6.61 Å². The van der Waals surface area contributed by atoms with Crippen LogP contribution in [-0.4, -0.2) is 31.0 Å². The summed E-state index contributed by atoms with van der Waals surface area (Å²) in [4.78, 5) is 34.7. The fourth-order valence-electron chi connectivity index (χ4n) is 2.06. The molecule has 0 aliphatic heterocycles. The van der Waals surface area contributed by atoms with Gasteiger partial charge in [-0.1, -0.05) is 56.5 Å². The quantitative estimate of drug-likeness (QED) is 0.462. The Morgan fingerprint density at radius 2 is 1.72 bits per heavy atom. The molecule has 0 unspecified atom stereocenters. The van der Waals surface area contributed by atoms with Gasteiger partial charge in [0.2, 0.25) is 0 Å². The first-order valence-electron chi connectivity index (χ1n) is 8.73. The van der Waals surface area contributed by atoms with Gasteiger partial charge in [-0.15, -0.1) is 0 Å². The Kier molecular flexibility index (Phi) is 10.7. The van der Waals surface area contributed by atoms with Crippen molar-refractivity contribution in [1.29, 1.82) is 0 Å². The molecule has 1 N–H and O–H groups in total. The van der Waals surface area contributed by atoms with Gasteiger partial charge in [-0.2, -0.15) is 0 Å². The molecule has 1 aromatic rings. The predicted octanol–water partition coefficient (Wildman–Crippen LogP) is 3.39. The molecule has 1 aromatic carbocycles. The molecule has 0 saturated heterocycles. The molecule has 6 nitrogen and oxygen atoms in total. The monoisotopic (exact) mass is 349 g/mol. The van der Waals surface area contributed by atoms with E-state index in [1.807, 2.05) is 30.3 Å². The maximum Gasteiger partial charge on any atom is 0.407 e. The predicted molar refractivity (Wildman–Crippen MR) is 94.0 cm³/mol. The molecular weight excluding hydrogens is 322 g/mol. The molecule has 0 heterocycles. The average Bonchev–Trinajstić information content (AvgIpc) is 2.63. The van der Waals surface area contributed by atoms with Crippen LogP contribution in [0.3, 0.4) is 0 Å². The van der Waals surface area contributed by atoms with Crippen LogP contribution < -0.4 is 5.32 Å². The molecule has 1 rings (SSSR count). The lowest BCUT2D eigenvalue weighted by molar-refractivity contribution is -0.144. The van der Waals surface area contributed by atoms with E-state index < -0.39 is 6.09 Å². The van der Waals surface area contributed by atoms with Crippen molar-refractivity contribution in [3.05, 3.63) is 35.9 Å². The summed E-state index contributed by atoms with van der Waals surface area (Å²) in [6.07, 6.45) is 3.57. The number of ketones is 1. The minimum Gasteiger partial charge on any atom is -0.466 e. The zero-order valence-electron chi connectivity index (χ0n) is 14.8. The average molecular weight is 349 g/mol. The van der Waals surface area contributed by atoms with Crippen LogP contribution in [0.15, 0.2) is 30.3 Å². The first-order chi connectivity index (χ1) is 12.1. The Balaban J connectivity index is 2.05. The number of hydrogen-bond acceptors (Lipinski definition) is 5. The van der Waals surface area contributed by atoms with Crippen LogP contribution in [0.25, 0.3) is 0 Å². The molecule has 0 bridgehead atoms. The molecule has 0 spiro atoms. The van der Waals surface area contributed by atoms with Crippen LogP contribution in [0.5, 0.6) is 0 Å². The molecule has 0 radical (unpaired) electrons. The van der Waals surface area contributed by atoms with Gasteiger partial charge in [0, 0.05) is 6.42 Å². The minimum atomic E-state index is -0.657. The molecule has 0 aliphatic rings. The molecule has 0 saturated carbocycles. The zero-order valence-corrected chi connectivity index (χ0v) is 14.8. The lowest BCUT2D eigenvalue weighted by Gasteiger charge is -2.07. The van der Waals surface area contributed by atoms with E-state index in [2.05, 4.69) is 12.2 Å². The number of amides is 1. The van der Waals surface area contributed by atoms with Crippen LogP contribution in [-0.2, 0) is 25.7 Å². The van der Waals surface area contributed by atoms with Gasteiger partial charge >= 0.3 is 12.1 Å². The van der Waals surface area contributed by atoms with Gasteiger partial charge < -0.3 is 14.8 Å². The second-order valence-electron chi connectivity index (χ2n) is 5.74. The Bertz CT molecular complexity index is 530. The van der Waals surface area contributed by atoms with Crippen LogP contribution in [0, 0.1) is 0 Å². The number of nitrogens with one attached hydrogen (secondary N) is 1. The first-order valence-corrected chi connectivity index (χ1v) is 8.73. The van der Waals surface area contributed by atoms with Gasteiger partial charge in [0.25, 0.3) is 0 Å². The third-order valence-electron chi connectivity index (χ3n) is 3.51. The number of esters is 1. The summed E-state index contributed by atoms with van der Waals surface area (Å²) in [5.74, 6) is -0.615. The van der Waals surface area contributed by atoms with Gasteiger partial charge in [0.15, 0.2) is 5.78 Å². The van der Waals surface area contributed by atoms with Crippen molar-refractivity contribution >= 4 is 17.8 Å². The largest absolute Gasteiger partial charge is 0.466 e. The highest BCUT2D eigenvalue weighted by molar-refractivity contribution is 5.86. The standard InChI is InChI=1S/C19H27NO5/c1-2-3-4-8-13-24-18(22)12-11-17(21)14-20-19(23)25-15-16-9-6-5-7-10-16/h5-7,9-10H,2-4,8,11-15H2,1H3,(H,20,23). The van der Waals surface area contributed by atoms with E-state index in [9.17, 15) is 14.4 Å². The lowest BCUT2D eigenvalue weighted by Crippen LogP contribution is -2.30. The molecule has 25 heavy (non-hydrogen) atoms. The second kappa shape index (κ2) is 13.0. The van der Waals surface area contributed by atoms with E-state index in [-0.39, 0.29) is 37.7 Å². The number of carbonyl (C=O) groups is 3. The van der Waals surface area contributed by atoms with Crippen molar-refractivity contribution in [2.24, 2.45) is 0 Å². The third kappa shape index (κ3) is 10.9. The molecule has 0 aromatic heterocycles. The Hall–Kier alpha value is -2.37. The minimum absolute atomic E-state index is 0.0351. The zero-order chi connectivity index (χ0) is 18.3. The molecule has 1 amide bonds. The number of rotatable bonds is 12. The first kappa shape index (κ1) is 20.7. The van der Waals surface area contributed by atoms with Gasteiger partial charge in [-0.3, -0.25) is 9.59 Å². The fraction of sp³-hybridized carbons (Fsp3) is 0.526. The van der Waals surface area contributed by atoms with Crippen molar-refractivity contribution in [3.63, 3.8) is 0 Å². The Morgan fingerprint density at radius 3 is 2.44 bits per heavy atom. The van der Waals surface area contributed by atoms with Crippen LogP contribution in [0.1, 0.15) is 51.0 Å². The Morgan fingerprint density at radius 1 is 0.960 bits per heavy atom. The van der Waals surface area contributed by atoms with E-state index in [1.54, 1.807) is 0 Å². The van der Waals surface area contributed by atoms with E-state index in [0.29, 0.717) is 6.61 Å². The highest BCUT2D eigenvalue weighted by Crippen LogP contribution is 2.02. The van der Waals surface area contributed by atoms with E-state index in [1.165, 1.54) is 0 Å². The molecule has 0 fully saturated rings. The summed E-state index contributed by atoms with van der Waals surface area (Å²) in [5, 5.41) is 2.38. The molecule has 0 atom stereocenters. The number of benzene rings is 1. The molecular formula is C19H27NO5. The van der Waals surface area contributed by atoms with Crippen LogP contribution >= 0.6 is 0 Å². The van der Waals surface area contributed by atoms with Crippen LogP contribution in [0.4, 0.5) is 4.79 Å². The SMILES string of the molecule is CCCCCCOC(=O)CCC(=O)CNC(=O)OCc1ccccc1. The van der Waals surface area contributed by atoms with E-state index in [4.69, 9.17) is 9.47 Å². The number of unbranched alkanes of at least 4 members (excludes halogenated alkanes) is 3. The van der Waals surface area contributed by atoms with Crippen molar-refractivity contribution in [3.8, 4) is 0 Å².